The molecule has 2 aromatic rings. The number of halogens is 6. The standard InChI is InChI=1S/C28H30F6N2O3/c1-17-7-5-8-18(23(17)36-16-26(25(38)39-2)11-4-3-10-22(26)24(36)37)9-6-12-35-21-14-19(27(29,30)31)13-20(15-21)28(32,33)34/h5,7-8,13-15,22,35H,3-4,6,9-12,16H2,1-2H3. The van der Waals surface area contributed by atoms with Crippen LogP contribution in [0, 0.1) is 18.3 Å². The number of rotatable bonds is 7. The number of alkyl halides is 6. The topological polar surface area (TPSA) is 58.6 Å². The molecule has 1 amide bonds. The van der Waals surface area contributed by atoms with Crippen LogP contribution in [0.15, 0.2) is 36.4 Å². The average Bonchev–Trinajstić information content (AvgIpc) is 3.18. The highest BCUT2D eigenvalue weighted by Crippen LogP contribution is 2.50. The van der Waals surface area contributed by atoms with E-state index >= 15 is 0 Å². The van der Waals surface area contributed by atoms with Gasteiger partial charge >= 0.3 is 18.3 Å². The zero-order valence-electron chi connectivity index (χ0n) is 21.6. The molecule has 1 N–H and O–H groups in total. The Labute approximate surface area is 222 Å². The zero-order valence-corrected chi connectivity index (χ0v) is 21.6. The Morgan fingerprint density at radius 1 is 1.08 bits per heavy atom. The summed E-state index contributed by atoms with van der Waals surface area (Å²) in [5.74, 6) is -0.976. The predicted octanol–water partition coefficient (Wildman–Crippen LogP) is 6.77. The van der Waals surface area contributed by atoms with Crippen LogP contribution in [0.2, 0.25) is 0 Å². The second-order valence-corrected chi connectivity index (χ2v) is 10.3. The Morgan fingerprint density at radius 3 is 2.36 bits per heavy atom. The van der Waals surface area contributed by atoms with Gasteiger partial charge in [0.05, 0.1) is 29.6 Å². The number of fused-ring (bicyclic) bond motifs is 1. The van der Waals surface area contributed by atoms with Gasteiger partial charge in [0.15, 0.2) is 0 Å². The minimum atomic E-state index is -4.92. The Bertz CT molecular complexity index is 1210. The van der Waals surface area contributed by atoms with Crippen LogP contribution in [-0.2, 0) is 33.1 Å². The van der Waals surface area contributed by atoms with Gasteiger partial charge in [0.1, 0.15) is 0 Å². The van der Waals surface area contributed by atoms with E-state index in [1.165, 1.54) is 7.11 Å². The van der Waals surface area contributed by atoms with E-state index in [4.69, 9.17) is 4.74 Å². The molecule has 1 aliphatic heterocycles. The number of nitrogens with one attached hydrogen (secondary N) is 1. The van der Waals surface area contributed by atoms with Gasteiger partial charge in [0.2, 0.25) is 5.91 Å². The molecule has 0 bridgehead atoms. The zero-order chi connectivity index (χ0) is 28.6. The number of esters is 1. The van der Waals surface area contributed by atoms with E-state index in [0.29, 0.717) is 43.5 Å². The second kappa shape index (κ2) is 10.7. The van der Waals surface area contributed by atoms with Crippen molar-refractivity contribution in [2.24, 2.45) is 11.3 Å². The van der Waals surface area contributed by atoms with Gasteiger partial charge in [-0.2, -0.15) is 26.3 Å². The molecule has 2 unspecified atom stereocenters. The minimum absolute atomic E-state index is 0.0932. The monoisotopic (exact) mass is 556 g/mol. The summed E-state index contributed by atoms with van der Waals surface area (Å²) in [7, 11) is 1.32. The molecule has 2 aromatic carbocycles. The smallest absolute Gasteiger partial charge is 0.416 e. The number of benzene rings is 2. The molecule has 2 aliphatic rings. The SMILES string of the molecule is COC(=O)C12CCCCC1C(=O)N(c1c(C)cccc1CCCNc1cc(C(F)(F)F)cc(C(F)(F)F)c1)C2. The van der Waals surface area contributed by atoms with Crippen molar-refractivity contribution in [1.29, 1.82) is 0 Å². The molecule has 0 spiro atoms. The molecule has 2 atom stereocenters. The van der Waals surface area contributed by atoms with Crippen molar-refractivity contribution in [2.75, 3.05) is 30.4 Å². The van der Waals surface area contributed by atoms with Crippen LogP contribution in [0.4, 0.5) is 37.7 Å². The van der Waals surface area contributed by atoms with Crippen LogP contribution in [-0.4, -0.2) is 32.1 Å². The van der Waals surface area contributed by atoms with E-state index in [9.17, 15) is 35.9 Å². The summed E-state index contributed by atoms with van der Waals surface area (Å²) in [4.78, 5) is 28.0. The summed E-state index contributed by atoms with van der Waals surface area (Å²) in [6, 6.07) is 6.94. The molecular formula is C28H30F6N2O3. The number of hydrogen-bond acceptors (Lipinski definition) is 4. The third kappa shape index (κ3) is 5.72. The van der Waals surface area contributed by atoms with Crippen LogP contribution in [0.5, 0.6) is 0 Å². The van der Waals surface area contributed by atoms with Gasteiger partial charge in [-0.25, -0.2) is 0 Å². The van der Waals surface area contributed by atoms with Crippen molar-refractivity contribution >= 4 is 23.3 Å². The molecular weight excluding hydrogens is 526 g/mol. The Balaban J connectivity index is 1.52. The first-order valence-electron chi connectivity index (χ1n) is 12.8. The van der Waals surface area contributed by atoms with Crippen LogP contribution in [0.3, 0.4) is 0 Å². The number of carbonyl (C=O) groups excluding carboxylic acids is 2. The van der Waals surface area contributed by atoms with Crippen LogP contribution >= 0.6 is 0 Å². The summed E-state index contributed by atoms with van der Waals surface area (Å²) in [5, 5.41) is 2.68. The maximum Gasteiger partial charge on any atom is 0.416 e. The normalized spacial score (nSPS) is 21.6. The fourth-order valence-electron chi connectivity index (χ4n) is 5.91. The van der Waals surface area contributed by atoms with Gasteiger partial charge in [-0.15, -0.1) is 0 Å². The minimum Gasteiger partial charge on any atom is -0.469 e. The largest absolute Gasteiger partial charge is 0.469 e. The molecule has 212 valence electrons. The van der Waals surface area contributed by atoms with Crippen LogP contribution in [0.1, 0.15) is 54.4 Å². The summed E-state index contributed by atoms with van der Waals surface area (Å²) >= 11 is 0. The predicted molar refractivity (Wildman–Crippen MR) is 133 cm³/mol. The number of hydrogen-bond donors (Lipinski definition) is 1. The highest BCUT2D eigenvalue weighted by atomic mass is 19.4. The first-order valence-corrected chi connectivity index (χ1v) is 12.8. The quantitative estimate of drug-likeness (QED) is 0.232. The van der Waals surface area contributed by atoms with Crippen molar-refractivity contribution in [1.82, 2.24) is 0 Å². The summed E-state index contributed by atoms with van der Waals surface area (Å²) < 4.78 is 84.1. The van der Waals surface area contributed by atoms with Crippen LogP contribution < -0.4 is 10.2 Å². The molecule has 2 fully saturated rings. The average molecular weight is 557 g/mol. The van der Waals surface area contributed by atoms with Gasteiger partial charge in [-0.05, 0) is 61.9 Å². The Morgan fingerprint density at radius 2 is 1.74 bits per heavy atom. The van der Waals surface area contributed by atoms with Crippen molar-refractivity contribution in [3.63, 3.8) is 0 Å². The number of aryl methyl sites for hydroxylation is 2. The lowest BCUT2D eigenvalue weighted by molar-refractivity contribution is -0.157. The maximum absolute atomic E-state index is 13.5. The van der Waals surface area contributed by atoms with E-state index in [-0.39, 0.29) is 36.7 Å². The molecule has 1 saturated heterocycles. The van der Waals surface area contributed by atoms with E-state index in [0.717, 1.165) is 24.0 Å². The van der Waals surface area contributed by atoms with E-state index < -0.39 is 34.8 Å². The third-order valence-corrected chi connectivity index (χ3v) is 7.76. The Hall–Kier alpha value is -3.24. The molecule has 1 heterocycles. The molecule has 0 aromatic heterocycles. The number of carbonyl (C=O) groups is 2. The summed E-state index contributed by atoms with van der Waals surface area (Å²) in [6.07, 6.45) is -6.21. The number of amides is 1. The number of para-hydroxylation sites is 1. The molecule has 11 heteroatoms. The van der Waals surface area contributed by atoms with Crippen molar-refractivity contribution in [3.8, 4) is 0 Å². The summed E-state index contributed by atoms with van der Waals surface area (Å²) in [6.45, 7) is 2.18. The van der Waals surface area contributed by atoms with Crippen molar-refractivity contribution < 1.29 is 40.7 Å². The first-order chi connectivity index (χ1) is 18.3. The fourth-order valence-corrected chi connectivity index (χ4v) is 5.91. The second-order valence-electron chi connectivity index (χ2n) is 10.3. The van der Waals surface area contributed by atoms with Gasteiger partial charge in [-0.1, -0.05) is 31.0 Å². The van der Waals surface area contributed by atoms with E-state index in [1.54, 1.807) is 4.90 Å². The Kier molecular flexibility index (Phi) is 7.91. The van der Waals surface area contributed by atoms with Gasteiger partial charge in [-0.3, -0.25) is 9.59 Å². The molecule has 1 saturated carbocycles. The lowest BCUT2D eigenvalue weighted by Gasteiger charge is -2.34. The number of methoxy groups -OCH3 is 1. The van der Waals surface area contributed by atoms with E-state index in [1.807, 2.05) is 25.1 Å². The molecule has 5 nitrogen and oxygen atoms in total. The third-order valence-electron chi connectivity index (χ3n) is 7.76. The lowest BCUT2D eigenvalue weighted by Crippen LogP contribution is -2.42. The van der Waals surface area contributed by atoms with Gasteiger partial charge in [0, 0.05) is 24.5 Å². The summed E-state index contributed by atoms with van der Waals surface area (Å²) in [5.41, 5.74) is -1.60. The van der Waals surface area contributed by atoms with Gasteiger partial charge in [0.25, 0.3) is 0 Å². The fraction of sp³-hybridized carbons (Fsp3) is 0.500. The molecule has 39 heavy (non-hydrogen) atoms. The molecule has 1 aliphatic carbocycles. The number of ether oxygens (including phenoxy) is 1. The first kappa shape index (κ1) is 28.8. The molecule has 4 rings (SSSR count). The van der Waals surface area contributed by atoms with Crippen molar-refractivity contribution in [2.45, 2.75) is 57.8 Å². The van der Waals surface area contributed by atoms with E-state index in [2.05, 4.69) is 5.32 Å². The van der Waals surface area contributed by atoms with Crippen molar-refractivity contribution in [3.05, 3.63) is 58.7 Å². The number of nitrogens with zero attached hydrogens (tertiary/aromatic N) is 1. The van der Waals surface area contributed by atoms with Crippen LogP contribution in [0.25, 0.3) is 0 Å². The maximum atomic E-state index is 13.5. The molecule has 0 radical (unpaired) electrons. The highest BCUT2D eigenvalue weighted by molar-refractivity contribution is 6.04. The van der Waals surface area contributed by atoms with Gasteiger partial charge < -0.3 is 15.0 Å². The highest BCUT2D eigenvalue weighted by Gasteiger charge is 2.59. The number of anilines is 2. The lowest BCUT2D eigenvalue weighted by atomic mass is 9.68.